The maximum absolute atomic E-state index is 12.0. The van der Waals surface area contributed by atoms with Crippen LogP contribution >= 0.6 is 15.9 Å². The van der Waals surface area contributed by atoms with Crippen LogP contribution in [-0.2, 0) is 0 Å². The van der Waals surface area contributed by atoms with Gasteiger partial charge in [-0.15, -0.1) is 0 Å². The van der Waals surface area contributed by atoms with Crippen molar-refractivity contribution in [2.45, 2.75) is 0 Å². The summed E-state index contributed by atoms with van der Waals surface area (Å²) in [6.07, 6.45) is 1.59. The molecule has 0 aliphatic carbocycles. The largest absolute Gasteiger partial charge is 0.351 e. The first kappa shape index (κ1) is 14.0. The molecule has 4 N–H and O–H groups in total. The molecule has 0 unspecified atom stereocenters. The fourth-order valence-corrected chi connectivity index (χ4v) is 1.96. The average molecular weight is 335 g/mol. The van der Waals surface area contributed by atoms with Crippen molar-refractivity contribution in [3.63, 3.8) is 0 Å². The summed E-state index contributed by atoms with van der Waals surface area (Å²) in [6, 6.07) is 9.30. The number of nitrogens with two attached hydrogens (primary N) is 1. The number of benzene rings is 1. The van der Waals surface area contributed by atoms with Crippen LogP contribution in [0, 0.1) is 0 Å². The van der Waals surface area contributed by atoms with E-state index in [0.717, 1.165) is 0 Å². The molecule has 0 atom stereocenters. The van der Waals surface area contributed by atoms with E-state index in [1.165, 1.54) is 0 Å². The first-order valence-electron chi connectivity index (χ1n) is 5.64. The molecule has 0 radical (unpaired) electrons. The molecule has 0 aliphatic rings. The van der Waals surface area contributed by atoms with Gasteiger partial charge in [0.15, 0.2) is 0 Å². The van der Waals surface area contributed by atoms with Gasteiger partial charge in [0.25, 0.3) is 5.91 Å². The summed E-state index contributed by atoms with van der Waals surface area (Å²) in [4.78, 5) is 26.7. The number of amides is 3. The number of hydrogen-bond donors (Lipinski definition) is 3. The molecule has 0 aliphatic heterocycles. The van der Waals surface area contributed by atoms with E-state index in [-0.39, 0.29) is 5.91 Å². The number of hydrogen-bond acceptors (Lipinski definition) is 3. The van der Waals surface area contributed by atoms with Gasteiger partial charge in [0, 0.05) is 17.6 Å². The molecular formula is C13H11BrN4O2. The predicted octanol–water partition coefficient (Wildman–Crippen LogP) is 2.59. The van der Waals surface area contributed by atoms with Crippen molar-refractivity contribution in [3.8, 4) is 0 Å². The smallest absolute Gasteiger partial charge is 0.316 e. The zero-order valence-electron chi connectivity index (χ0n) is 10.3. The minimum atomic E-state index is -0.638. The topological polar surface area (TPSA) is 97.1 Å². The van der Waals surface area contributed by atoms with Crippen molar-refractivity contribution >= 4 is 39.2 Å². The molecule has 6 nitrogen and oxygen atoms in total. The maximum Gasteiger partial charge on any atom is 0.316 e. The van der Waals surface area contributed by atoms with Crippen LogP contribution in [0.3, 0.4) is 0 Å². The van der Waals surface area contributed by atoms with Crippen molar-refractivity contribution in [2.75, 3.05) is 10.6 Å². The summed E-state index contributed by atoms with van der Waals surface area (Å²) in [6.45, 7) is 0. The zero-order valence-corrected chi connectivity index (χ0v) is 11.8. The molecule has 1 heterocycles. The Labute approximate surface area is 123 Å². The summed E-state index contributed by atoms with van der Waals surface area (Å²) < 4.78 is 0.476. The van der Waals surface area contributed by atoms with Crippen LogP contribution in [0.5, 0.6) is 0 Å². The Balaban J connectivity index is 2.09. The first-order chi connectivity index (χ1) is 9.56. The van der Waals surface area contributed by atoms with Gasteiger partial charge in [-0.2, -0.15) is 0 Å². The van der Waals surface area contributed by atoms with E-state index < -0.39 is 6.03 Å². The van der Waals surface area contributed by atoms with Gasteiger partial charge in [-0.25, -0.2) is 9.78 Å². The highest BCUT2D eigenvalue weighted by atomic mass is 79.9. The third kappa shape index (κ3) is 3.55. The minimum Gasteiger partial charge on any atom is -0.351 e. The van der Waals surface area contributed by atoms with Gasteiger partial charge in [-0.05, 0) is 52.3 Å². The number of anilines is 2. The molecule has 2 aromatic rings. The molecule has 0 fully saturated rings. The van der Waals surface area contributed by atoms with Gasteiger partial charge < -0.3 is 16.4 Å². The molecule has 0 saturated heterocycles. The second-order valence-electron chi connectivity index (χ2n) is 3.86. The molecular weight excluding hydrogens is 324 g/mol. The van der Waals surface area contributed by atoms with Gasteiger partial charge in [-0.3, -0.25) is 4.79 Å². The molecule has 0 spiro atoms. The zero-order chi connectivity index (χ0) is 14.5. The highest BCUT2D eigenvalue weighted by Gasteiger charge is 2.10. The summed E-state index contributed by atoms with van der Waals surface area (Å²) in [5.74, 6) is -0.277. The van der Waals surface area contributed by atoms with Gasteiger partial charge in [0.05, 0.1) is 5.56 Å². The summed E-state index contributed by atoms with van der Waals surface area (Å²) in [5.41, 5.74) is 6.59. The molecule has 7 heteroatoms. The second kappa shape index (κ2) is 6.16. The van der Waals surface area contributed by atoms with Crippen LogP contribution in [0.4, 0.5) is 16.2 Å². The van der Waals surface area contributed by atoms with Gasteiger partial charge in [0.1, 0.15) is 4.60 Å². The fraction of sp³-hybridized carbons (Fsp3) is 0. The number of carbonyl (C=O) groups excluding carboxylic acids is 2. The van der Waals surface area contributed by atoms with E-state index in [1.807, 2.05) is 0 Å². The minimum absolute atomic E-state index is 0.277. The van der Waals surface area contributed by atoms with Gasteiger partial charge >= 0.3 is 6.03 Å². The highest BCUT2D eigenvalue weighted by molar-refractivity contribution is 9.10. The lowest BCUT2D eigenvalue weighted by molar-refractivity contribution is 0.102. The number of nitrogens with zero attached hydrogens (tertiary/aromatic N) is 1. The number of aromatic nitrogens is 1. The van der Waals surface area contributed by atoms with Crippen LogP contribution in [0.15, 0.2) is 47.2 Å². The third-order valence-electron chi connectivity index (χ3n) is 2.41. The Morgan fingerprint density at radius 3 is 2.20 bits per heavy atom. The van der Waals surface area contributed by atoms with E-state index in [0.29, 0.717) is 21.5 Å². The van der Waals surface area contributed by atoms with Gasteiger partial charge in [-0.1, -0.05) is 0 Å². The monoisotopic (exact) mass is 334 g/mol. The SMILES string of the molecule is NC(=O)Nc1ccc(NC(=O)c2cccnc2Br)cc1. The lowest BCUT2D eigenvalue weighted by Gasteiger charge is -2.07. The maximum atomic E-state index is 12.0. The Morgan fingerprint density at radius 2 is 1.65 bits per heavy atom. The van der Waals surface area contributed by atoms with Crippen molar-refractivity contribution < 1.29 is 9.59 Å². The van der Waals surface area contributed by atoms with Crippen molar-refractivity contribution in [1.82, 2.24) is 4.98 Å². The first-order valence-corrected chi connectivity index (χ1v) is 6.44. The lowest BCUT2D eigenvalue weighted by atomic mass is 10.2. The van der Waals surface area contributed by atoms with Crippen molar-refractivity contribution in [2.24, 2.45) is 5.73 Å². The van der Waals surface area contributed by atoms with E-state index >= 15 is 0 Å². The normalized spacial score (nSPS) is 9.85. The number of urea groups is 1. The Bertz CT molecular complexity index is 643. The number of halogens is 1. The van der Waals surface area contributed by atoms with Crippen LogP contribution in [0.25, 0.3) is 0 Å². The molecule has 0 bridgehead atoms. The number of pyridine rings is 1. The summed E-state index contributed by atoms with van der Waals surface area (Å²) in [7, 11) is 0. The molecule has 3 amide bonds. The quantitative estimate of drug-likeness (QED) is 0.752. The molecule has 1 aromatic heterocycles. The summed E-state index contributed by atoms with van der Waals surface area (Å²) >= 11 is 3.22. The fourth-order valence-electron chi connectivity index (χ4n) is 1.53. The Hall–Kier alpha value is -2.41. The third-order valence-corrected chi connectivity index (χ3v) is 3.05. The number of nitrogens with one attached hydrogen (secondary N) is 2. The standard InChI is InChI=1S/C13H11BrN4O2/c14-11-10(2-1-7-16-11)12(19)17-8-3-5-9(6-4-8)18-13(15)20/h1-7H,(H,17,19)(H3,15,18,20). The van der Waals surface area contributed by atoms with Crippen molar-refractivity contribution in [3.05, 3.63) is 52.8 Å². The molecule has 2 rings (SSSR count). The van der Waals surface area contributed by atoms with Crippen molar-refractivity contribution in [1.29, 1.82) is 0 Å². The second-order valence-corrected chi connectivity index (χ2v) is 4.61. The van der Waals surface area contributed by atoms with Gasteiger partial charge in [0.2, 0.25) is 0 Å². The number of primary amides is 1. The van der Waals surface area contributed by atoms with E-state index in [9.17, 15) is 9.59 Å². The average Bonchev–Trinajstić information content (AvgIpc) is 2.41. The van der Waals surface area contributed by atoms with Crippen LogP contribution in [0.1, 0.15) is 10.4 Å². The van der Waals surface area contributed by atoms with Crippen LogP contribution < -0.4 is 16.4 Å². The molecule has 102 valence electrons. The molecule has 1 aromatic carbocycles. The number of carbonyl (C=O) groups is 2. The van der Waals surface area contributed by atoms with Crippen LogP contribution in [0.2, 0.25) is 0 Å². The van der Waals surface area contributed by atoms with E-state index in [1.54, 1.807) is 42.6 Å². The van der Waals surface area contributed by atoms with E-state index in [4.69, 9.17) is 5.73 Å². The number of rotatable bonds is 3. The highest BCUT2D eigenvalue weighted by Crippen LogP contribution is 2.17. The Morgan fingerprint density at radius 1 is 1.05 bits per heavy atom. The van der Waals surface area contributed by atoms with Crippen LogP contribution in [-0.4, -0.2) is 16.9 Å². The summed E-state index contributed by atoms with van der Waals surface area (Å²) in [5, 5.41) is 5.16. The Kier molecular flexibility index (Phi) is 4.31. The van der Waals surface area contributed by atoms with E-state index in [2.05, 4.69) is 31.5 Å². The predicted molar refractivity (Wildman–Crippen MR) is 79.5 cm³/mol. The lowest BCUT2D eigenvalue weighted by Crippen LogP contribution is -2.19. The molecule has 20 heavy (non-hydrogen) atoms. The molecule has 0 saturated carbocycles.